The van der Waals surface area contributed by atoms with Crippen molar-refractivity contribution in [1.82, 2.24) is 0 Å². The van der Waals surface area contributed by atoms with E-state index in [0.29, 0.717) is 10.6 Å². The molecule has 0 aliphatic rings. The molecule has 2 rings (SSSR count). The van der Waals surface area contributed by atoms with Crippen molar-refractivity contribution in [1.29, 1.82) is 0 Å². The molecule has 0 saturated carbocycles. The summed E-state index contributed by atoms with van der Waals surface area (Å²) in [4.78, 5) is 0. The van der Waals surface area contributed by atoms with Gasteiger partial charge in [0.25, 0.3) is 0 Å². The van der Waals surface area contributed by atoms with Gasteiger partial charge in [0.15, 0.2) is 11.6 Å². The van der Waals surface area contributed by atoms with Crippen LogP contribution in [0.4, 0.5) is 4.39 Å². The lowest BCUT2D eigenvalue weighted by Gasteiger charge is -2.13. The highest BCUT2D eigenvalue weighted by Crippen LogP contribution is 2.21. The van der Waals surface area contributed by atoms with Gasteiger partial charge in [0.05, 0.1) is 0 Å². The van der Waals surface area contributed by atoms with Crippen molar-refractivity contribution in [2.75, 3.05) is 6.61 Å². The molecule has 0 saturated heterocycles. The van der Waals surface area contributed by atoms with Crippen molar-refractivity contribution in [3.05, 3.63) is 64.9 Å². The fourth-order valence-corrected chi connectivity index (χ4v) is 1.74. The molecule has 0 aliphatic heterocycles. The topological polar surface area (TPSA) is 29.5 Å². The van der Waals surface area contributed by atoms with Gasteiger partial charge >= 0.3 is 0 Å². The van der Waals surface area contributed by atoms with Crippen molar-refractivity contribution >= 4 is 11.6 Å². The zero-order valence-electron chi connectivity index (χ0n) is 9.51. The molecular weight excluding hydrogens is 255 g/mol. The van der Waals surface area contributed by atoms with Gasteiger partial charge < -0.3 is 9.84 Å². The highest BCUT2D eigenvalue weighted by molar-refractivity contribution is 6.30. The van der Waals surface area contributed by atoms with Gasteiger partial charge in [-0.1, -0.05) is 35.9 Å². The number of benzene rings is 2. The summed E-state index contributed by atoms with van der Waals surface area (Å²) in [5.41, 5.74) is 0.638. The molecule has 0 heterocycles. The molecule has 0 bridgehead atoms. The molecule has 2 nitrogen and oxygen atoms in total. The van der Waals surface area contributed by atoms with Gasteiger partial charge in [-0.2, -0.15) is 0 Å². The Morgan fingerprint density at radius 3 is 2.67 bits per heavy atom. The van der Waals surface area contributed by atoms with E-state index in [-0.39, 0.29) is 12.4 Å². The van der Waals surface area contributed by atoms with Crippen LogP contribution in [0.25, 0.3) is 0 Å². The smallest absolute Gasteiger partial charge is 0.165 e. The molecule has 2 aromatic rings. The maximum atomic E-state index is 13.3. The third kappa shape index (κ3) is 3.22. The minimum Gasteiger partial charge on any atom is -0.487 e. The van der Waals surface area contributed by atoms with Gasteiger partial charge in [-0.25, -0.2) is 4.39 Å². The molecular formula is C14H12ClFO2. The van der Waals surface area contributed by atoms with E-state index in [1.54, 1.807) is 36.4 Å². The van der Waals surface area contributed by atoms with Crippen LogP contribution < -0.4 is 4.74 Å². The molecule has 0 spiro atoms. The second-order valence-electron chi connectivity index (χ2n) is 3.81. The summed E-state index contributed by atoms with van der Waals surface area (Å²) in [5.74, 6) is -0.325. The molecule has 1 unspecified atom stereocenters. The SMILES string of the molecule is OC(COc1ccccc1F)c1cccc(Cl)c1. The summed E-state index contributed by atoms with van der Waals surface area (Å²) in [6.45, 7) is -0.0265. The Balaban J connectivity index is 2.00. The van der Waals surface area contributed by atoms with E-state index >= 15 is 0 Å². The van der Waals surface area contributed by atoms with Crippen LogP contribution in [-0.4, -0.2) is 11.7 Å². The lowest BCUT2D eigenvalue weighted by molar-refractivity contribution is 0.106. The maximum absolute atomic E-state index is 13.3. The van der Waals surface area contributed by atoms with Gasteiger partial charge in [0, 0.05) is 5.02 Å². The van der Waals surface area contributed by atoms with Crippen molar-refractivity contribution < 1.29 is 14.2 Å². The molecule has 0 radical (unpaired) electrons. The molecule has 94 valence electrons. The molecule has 1 atom stereocenters. The molecule has 4 heteroatoms. The largest absolute Gasteiger partial charge is 0.487 e. The molecule has 1 N–H and O–H groups in total. The number of aliphatic hydroxyl groups is 1. The summed E-state index contributed by atoms with van der Waals surface area (Å²) >= 11 is 5.82. The summed E-state index contributed by atoms with van der Waals surface area (Å²) in [6.07, 6.45) is -0.844. The predicted molar refractivity (Wildman–Crippen MR) is 68.3 cm³/mol. The summed E-state index contributed by atoms with van der Waals surface area (Å²) in [7, 11) is 0. The minimum absolute atomic E-state index is 0.0265. The lowest BCUT2D eigenvalue weighted by atomic mass is 10.1. The Bertz CT molecular complexity index is 531. The highest BCUT2D eigenvalue weighted by Gasteiger charge is 2.10. The highest BCUT2D eigenvalue weighted by atomic mass is 35.5. The second kappa shape index (κ2) is 5.85. The van der Waals surface area contributed by atoms with E-state index in [4.69, 9.17) is 16.3 Å². The third-order valence-electron chi connectivity index (χ3n) is 2.47. The first-order chi connectivity index (χ1) is 8.66. The van der Waals surface area contributed by atoms with Gasteiger partial charge in [-0.15, -0.1) is 0 Å². The van der Waals surface area contributed by atoms with Gasteiger partial charge in [0.2, 0.25) is 0 Å². The Morgan fingerprint density at radius 1 is 1.17 bits per heavy atom. The first-order valence-corrected chi connectivity index (χ1v) is 5.85. The average Bonchev–Trinajstić information content (AvgIpc) is 2.37. The normalized spacial score (nSPS) is 12.2. The summed E-state index contributed by atoms with van der Waals surface area (Å²) in [6, 6.07) is 12.9. The zero-order chi connectivity index (χ0) is 13.0. The fourth-order valence-electron chi connectivity index (χ4n) is 1.54. The van der Waals surface area contributed by atoms with Gasteiger partial charge in [0.1, 0.15) is 12.7 Å². The van der Waals surface area contributed by atoms with Crippen LogP contribution in [0.15, 0.2) is 48.5 Å². The van der Waals surface area contributed by atoms with E-state index in [0.717, 1.165) is 0 Å². The van der Waals surface area contributed by atoms with Crippen LogP contribution in [-0.2, 0) is 0 Å². The lowest BCUT2D eigenvalue weighted by Crippen LogP contribution is -2.10. The quantitative estimate of drug-likeness (QED) is 0.916. The number of para-hydroxylation sites is 1. The second-order valence-corrected chi connectivity index (χ2v) is 4.25. The molecule has 0 fully saturated rings. The Kier molecular flexibility index (Phi) is 4.18. The fraction of sp³-hybridized carbons (Fsp3) is 0.143. The van der Waals surface area contributed by atoms with Crippen LogP contribution in [0.2, 0.25) is 5.02 Å². The van der Waals surface area contributed by atoms with Crippen LogP contribution >= 0.6 is 11.6 Å². The first-order valence-electron chi connectivity index (χ1n) is 5.47. The molecule has 0 amide bonds. The number of rotatable bonds is 4. The van der Waals surface area contributed by atoms with Crippen molar-refractivity contribution in [3.63, 3.8) is 0 Å². The molecule has 2 aromatic carbocycles. The number of ether oxygens (including phenoxy) is 1. The molecule has 0 aromatic heterocycles. The van der Waals surface area contributed by atoms with Crippen molar-refractivity contribution in [2.45, 2.75) is 6.10 Å². The summed E-state index contributed by atoms with van der Waals surface area (Å²) < 4.78 is 18.5. The minimum atomic E-state index is -0.844. The van der Waals surface area contributed by atoms with E-state index in [2.05, 4.69) is 0 Å². The number of halogens is 2. The van der Waals surface area contributed by atoms with E-state index < -0.39 is 11.9 Å². The molecule has 18 heavy (non-hydrogen) atoms. The zero-order valence-corrected chi connectivity index (χ0v) is 10.3. The Labute approximate surface area is 110 Å². The van der Waals surface area contributed by atoms with Crippen LogP contribution in [0, 0.1) is 5.82 Å². The Morgan fingerprint density at radius 2 is 1.94 bits per heavy atom. The van der Waals surface area contributed by atoms with Crippen LogP contribution in [0.3, 0.4) is 0 Å². The number of hydrogen-bond acceptors (Lipinski definition) is 2. The van der Waals surface area contributed by atoms with E-state index in [1.807, 2.05) is 0 Å². The predicted octanol–water partition coefficient (Wildman–Crippen LogP) is 3.59. The van der Waals surface area contributed by atoms with Gasteiger partial charge in [-0.05, 0) is 29.8 Å². The van der Waals surface area contributed by atoms with Crippen molar-refractivity contribution in [2.24, 2.45) is 0 Å². The Hall–Kier alpha value is -1.58. The van der Waals surface area contributed by atoms with E-state index in [1.165, 1.54) is 12.1 Å². The maximum Gasteiger partial charge on any atom is 0.165 e. The van der Waals surface area contributed by atoms with Crippen LogP contribution in [0.1, 0.15) is 11.7 Å². The number of aliphatic hydroxyl groups excluding tert-OH is 1. The third-order valence-corrected chi connectivity index (χ3v) is 2.70. The van der Waals surface area contributed by atoms with Crippen molar-refractivity contribution in [3.8, 4) is 5.75 Å². The summed E-state index contributed by atoms with van der Waals surface area (Å²) in [5, 5.41) is 10.4. The first kappa shape index (κ1) is 12.9. The standard InChI is InChI=1S/C14H12ClFO2/c15-11-5-3-4-10(8-11)13(17)9-18-14-7-2-1-6-12(14)16/h1-8,13,17H,9H2. The molecule has 0 aliphatic carbocycles. The van der Waals surface area contributed by atoms with E-state index in [9.17, 15) is 9.50 Å². The average molecular weight is 267 g/mol. The van der Waals surface area contributed by atoms with Crippen LogP contribution in [0.5, 0.6) is 5.75 Å². The van der Waals surface area contributed by atoms with Gasteiger partial charge in [-0.3, -0.25) is 0 Å². The number of hydrogen-bond donors (Lipinski definition) is 1. The monoisotopic (exact) mass is 266 g/mol.